The van der Waals surface area contributed by atoms with E-state index in [0.717, 1.165) is 0 Å². The van der Waals surface area contributed by atoms with Crippen molar-refractivity contribution in [1.29, 1.82) is 0 Å². The van der Waals surface area contributed by atoms with Crippen molar-refractivity contribution in [3.8, 4) is 0 Å². The summed E-state index contributed by atoms with van der Waals surface area (Å²) < 4.78 is 27.6. The topological polar surface area (TPSA) is 122 Å². The molecule has 1 amide bonds. The summed E-state index contributed by atoms with van der Waals surface area (Å²) in [7, 11) is -3.49. The molecule has 11 heteroatoms. The molecule has 0 atom stereocenters. The molecule has 2 aromatic rings. The number of hydrogen-bond donors (Lipinski definition) is 2. The fourth-order valence-electron chi connectivity index (χ4n) is 3.20. The van der Waals surface area contributed by atoms with E-state index < -0.39 is 14.9 Å². The lowest BCUT2D eigenvalue weighted by Gasteiger charge is -2.31. The van der Waals surface area contributed by atoms with Crippen molar-refractivity contribution < 1.29 is 18.1 Å². The van der Waals surface area contributed by atoms with Gasteiger partial charge in [0.15, 0.2) is 0 Å². The monoisotopic (exact) mass is 438 g/mol. The van der Waals surface area contributed by atoms with Crippen LogP contribution in [0.3, 0.4) is 0 Å². The molecule has 0 aliphatic carbocycles. The molecule has 1 saturated heterocycles. The van der Waals surface area contributed by atoms with Gasteiger partial charge in [-0.25, -0.2) is 13.1 Å². The first-order valence-electron chi connectivity index (χ1n) is 9.08. The summed E-state index contributed by atoms with van der Waals surface area (Å²) in [5.74, 6) is -0.209. The van der Waals surface area contributed by atoms with E-state index in [2.05, 4.69) is 10.0 Å². The van der Waals surface area contributed by atoms with Crippen LogP contribution in [0, 0.1) is 17.0 Å². The molecular formula is C18H22N4O5S2. The number of aryl methyl sites for hydroxylation is 1. The average Bonchev–Trinajstić information content (AvgIpc) is 3.20. The SMILES string of the molecule is Cc1cc([N+](=O)[O-])ccc1NC(=O)CN1CCC(NS(=O)(=O)c2cccs2)CC1. The fourth-order valence-corrected chi connectivity index (χ4v) is 5.51. The Kier molecular flexibility index (Phi) is 6.63. The Labute approximate surface area is 172 Å². The van der Waals surface area contributed by atoms with Crippen LogP contribution < -0.4 is 10.0 Å². The molecule has 0 spiro atoms. The van der Waals surface area contributed by atoms with Crippen molar-refractivity contribution in [2.45, 2.75) is 30.0 Å². The quantitative estimate of drug-likeness (QED) is 0.505. The predicted octanol–water partition coefficient (Wildman–Crippen LogP) is 2.35. The Morgan fingerprint density at radius 2 is 2.03 bits per heavy atom. The number of benzene rings is 1. The molecule has 2 N–H and O–H groups in total. The van der Waals surface area contributed by atoms with Gasteiger partial charge < -0.3 is 5.32 Å². The molecule has 1 aromatic heterocycles. The lowest BCUT2D eigenvalue weighted by Crippen LogP contribution is -2.46. The van der Waals surface area contributed by atoms with Crippen molar-refractivity contribution in [2.24, 2.45) is 0 Å². The van der Waals surface area contributed by atoms with E-state index in [-0.39, 0.29) is 24.2 Å². The van der Waals surface area contributed by atoms with Crippen molar-refractivity contribution in [3.05, 3.63) is 51.4 Å². The van der Waals surface area contributed by atoms with Crippen LogP contribution in [0.15, 0.2) is 39.9 Å². The van der Waals surface area contributed by atoms with Crippen LogP contribution in [0.25, 0.3) is 0 Å². The Morgan fingerprint density at radius 1 is 1.31 bits per heavy atom. The van der Waals surface area contributed by atoms with Crippen molar-refractivity contribution in [3.63, 3.8) is 0 Å². The Bertz CT molecular complexity index is 984. The second kappa shape index (κ2) is 8.99. The van der Waals surface area contributed by atoms with Gasteiger partial charge in [0.05, 0.1) is 11.5 Å². The number of hydrogen-bond acceptors (Lipinski definition) is 7. The van der Waals surface area contributed by atoms with Gasteiger partial charge >= 0.3 is 0 Å². The number of sulfonamides is 1. The first kappa shape index (κ1) is 21.4. The molecule has 29 heavy (non-hydrogen) atoms. The Balaban J connectivity index is 1.48. The maximum absolute atomic E-state index is 12.3. The average molecular weight is 439 g/mol. The second-order valence-electron chi connectivity index (χ2n) is 6.91. The van der Waals surface area contributed by atoms with E-state index in [0.29, 0.717) is 41.4 Å². The smallest absolute Gasteiger partial charge is 0.269 e. The number of carbonyl (C=O) groups is 1. The van der Waals surface area contributed by atoms with Crippen LogP contribution in [0.1, 0.15) is 18.4 Å². The minimum absolute atomic E-state index is 0.0208. The van der Waals surface area contributed by atoms with E-state index in [4.69, 9.17) is 0 Å². The molecule has 0 bridgehead atoms. The van der Waals surface area contributed by atoms with Crippen LogP contribution in [-0.4, -0.2) is 49.8 Å². The summed E-state index contributed by atoms with van der Waals surface area (Å²) in [6.45, 7) is 3.09. The zero-order chi connectivity index (χ0) is 21.0. The highest BCUT2D eigenvalue weighted by Crippen LogP contribution is 2.22. The van der Waals surface area contributed by atoms with E-state index in [1.165, 1.54) is 29.5 Å². The third kappa shape index (κ3) is 5.60. The molecule has 0 radical (unpaired) electrons. The van der Waals surface area contributed by atoms with E-state index in [1.807, 2.05) is 4.90 Å². The van der Waals surface area contributed by atoms with Gasteiger partial charge in [-0.15, -0.1) is 11.3 Å². The molecule has 156 valence electrons. The molecular weight excluding hydrogens is 416 g/mol. The number of non-ortho nitro benzene ring substituents is 1. The van der Waals surface area contributed by atoms with Gasteiger partial charge in [0.25, 0.3) is 5.69 Å². The predicted molar refractivity (Wildman–Crippen MR) is 111 cm³/mol. The number of amides is 1. The third-order valence-corrected chi connectivity index (χ3v) is 7.65. The second-order valence-corrected chi connectivity index (χ2v) is 9.80. The number of nitro benzene ring substituents is 1. The van der Waals surface area contributed by atoms with Crippen molar-refractivity contribution >= 4 is 38.6 Å². The molecule has 0 saturated carbocycles. The van der Waals surface area contributed by atoms with Gasteiger partial charge in [-0.1, -0.05) is 6.07 Å². The summed E-state index contributed by atoms with van der Waals surface area (Å²) in [5, 5.41) is 15.3. The van der Waals surface area contributed by atoms with E-state index in [1.54, 1.807) is 24.4 Å². The Morgan fingerprint density at radius 3 is 2.62 bits per heavy atom. The molecule has 9 nitrogen and oxygen atoms in total. The van der Waals surface area contributed by atoms with Gasteiger partial charge in [0.1, 0.15) is 4.21 Å². The maximum atomic E-state index is 12.3. The lowest BCUT2D eigenvalue weighted by molar-refractivity contribution is -0.384. The number of likely N-dealkylation sites (tertiary alicyclic amines) is 1. The standard InChI is InChI=1S/C18H22N4O5S2/c1-13-11-15(22(24)25)4-5-16(13)19-17(23)12-21-8-6-14(7-9-21)20-29(26,27)18-3-2-10-28-18/h2-5,10-11,14,20H,6-9,12H2,1H3,(H,19,23). The van der Waals surface area contributed by atoms with Crippen molar-refractivity contribution in [1.82, 2.24) is 9.62 Å². The van der Waals surface area contributed by atoms with Gasteiger partial charge in [-0.05, 0) is 42.8 Å². The van der Waals surface area contributed by atoms with Gasteiger partial charge in [-0.3, -0.25) is 19.8 Å². The largest absolute Gasteiger partial charge is 0.325 e. The summed E-state index contributed by atoms with van der Waals surface area (Å²) >= 11 is 1.18. The maximum Gasteiger partial charge on any atom is 0.269 e. The Hall–Kier alpha value is -2.34. The van der Waals surface area contributed by atoms with Gasteiger partial charge in [-0.2, -0.15) is 0 Å². The lowest BCUT2D eigenvalue weighted by atomic mass is 10.1. The summed E-state index contributed by atoms with van der Waals surface area (Å²) in [4.78, 5) is 24.6. The van der Waals surface area contributed by atoms with Crippen LogP contribution in [-0.2, 0) is 14.8 Å². The number of carbonyl (C=O) groups excluding carboxylic acids is 1. The molecule has 2 heterocycles. The van der Waals surface area contributed by atoms with Crippen molar-refractivity contribution in [2.75, 3.05) is 25.0 Å². The van der Waals surface area contributed by atoms with Crippen LogP contribution in [0.5, 0.6) is 0 Å². The van der Waals surface area contributed by atoms with Gasteiger partial charge in [0, 0.05) is 37.0 Å². The molecule has 3 rings (SSSR count). The molecule has 0 unspecified atom stereocenters. The normalized spacial score (nSPS) is 15.9. The summed E-state index contributed by atoms with van der Waals surface area (Å²) in [5.41, 5.74) is 1.14. The number of nitro groups is 1. The number of anilines is 1. The minimum Gasteiger partial charge on any atom is -0.325 e. The van der Waals surface area contributed by atoms with E-state index >= 15 is 0 Å². The number of thiophene rings is 1. The highest BCUT2D eigenvalue weighted by atomic mass is 32.2. The summed E-state index contributed by atoms with van der Waals surface area (Å²) in [6, 6.07) is 7.42. The van der Waals surface area contributed by atoms with E-state index in [9.17, 15) is 23.3 Å². The zero-order valence-electron chi connectivity index (χ0n) is 15.8. The molecule has 1 aliphatic heterocycles. The number of nitrogens with zero attached hydrogens (tertiary/aromatic N) is 2. The zero-order valence-corrected chi connectivity index (χ0v) is 17.5. The van der Waals surface area contributed by atoms with Crippen LogP contribution >= 0.6 is 11.3 Å². The first-order valence-corrected chi connectivity index (χ1v) is 11.4. The van der Waals surface area contributed by atoms with Crippen LogP contribution in [0.2, 0.25) is 0 Å². The van der Waals surface area contributed by atoms with Gasteiger partial charge in [0.2, 0.25) is 15.9 Å². The first-order chi connectivity index (χ1) is 13.7. The minimum atomic E-state index is -3.49. The molecule has 1 fully saturated rings. The highest BCUT2D eigenvalue weighted by molar-refractivity contribution is 7.91. The molecule has 1 aliphatic rings. The highest BCUT2D eigenvalue weighted by Gasteiger charge is 2.26. The molecule has 1 aromatic carbocycles. The van der Waals surface area contributed by atoms with Crippen LogP contribution in [0.4, 0.5) is 11.4 Å². The summed E-state index contributed by atoms with van der Waals surface area (Å²) in [6.07, 6.45) is 1.24. The third-order valence-electron chi connectivity index (χ3n) is 4.73. The number of rotatable bonds is 7. The number of piperidine rings is 1. The number of nitrogens with one attached hydrogen (secondary N) is 2. The fraction of sp³-hybridized carbons (Fsp3) is 0.389.